The Hall–Kier alpha value is -2.88. The number of carbonyl (C=O) groups excluding carboxylic acids is 1. The molecule has 0 unspecified atom stereocenters. The van der Waals surface area contributed by atoms with E-state index in [-0.39, 0.29) is 5.43 Å². The van der Waals surface area contributed by atoms with Gasteiger partial charge in [0, 0.05) is 23.0 Å². The molecule has 0 radical (unpaired) electrons. The highest BCUT2D eigenvalue weighted by atomic mass is 16.5. The highest BCUT2D eigenvalue weighted by Crippen LogP contribution is 2.19. The molecule has 1 aromatic heterocycles. The van der Waals surface area contributed by atoms with Crippen LogP contribution in [0.4, 0.5) is 0 Å². The first kappa shape index (κ1) is 14.1. The van der Waals surface area contributed by atoms with Crippen LogP contribution in [0.5, 0.6) is 0 Å². The Bertz CT molecular complexity index is 878. The summed E-state index contributed by atoms with van der Waals surface area (Å²) < 4.78 is 6.75. The molecule has 0 N–H and O–H groups in total. The van der Waals surface area contributed by atoms with Crippen molar-refractivity contribution in [1.29, 1.82) is 0 Å². The minimum Gasteiger partial charge on any atom is -0.463 e. The number of fused-ring (bicyclic) bond motifs is 2. The van der Waals surface area contributed by atoms with Gasteiger partial charge in [-0.25, -0.2) is 4.79 Å². The number of aromatic nitrogens is 1. The maximum atomic E-state index is 12.6. The van der Waals surface area contributed by atoms with E-state index in [9.17, 15) is 9.59 Å². The van der Waals surface area contributed by atoms with E-state index in [1.165, 1.54) is 6.08 Å². The molecule has 0 saturated heterocycles. The van der Waals surface area contributed by atoms with Gasteiger partial charge >= 0.3 is 5.97 Å². The SMILES string of the molecule is CCOC(=O)C=Cn1c2ccccc2c(=O)c2ccccc21. The Morgan fingerprint density at radius 1 is 1.05 bits per heavy atom. The fourth-order valence-corrected chi connectivity index (χ4v) is 2.51. The lowest BCUT2D eigenvalue weighted by Gasteiger charge is -2.10. The smallest absolute Gasteiger partial charge is 0.332 e. The third-order valence-electron chi connectivity index (χ3n) is 3.46. The number of benzene rings is 2. The van der Waals surface area contributed by atoms with Crippen molar-refractivity contribution < 1.29 is 9.53 Å². The predicted molar refractivity (Wildman–Crippen MR) is 87.7 cm³/mol. The second-order valence-electron chi connectivity index (χ2n) is 4.80. The third kappa shape index (κ3) is 2.39. The van der Waals surface area contributed by atoms with Crippen LogP contribution in [0.25, 0.3) is 28.0 Å². The number of pyridine rings is 1. The first-order valence-electron chi connectivity index (χ1n) is 7.09. The van der Waals surface area contributed by atoms with E-state index in [1.54, 1.807) is 25.3 Å². The molecule has 4 nitrogen and oxygen atoms in total. The molecule has 0 aliphatic rings. The van der Waals surface area contributed by atoms with Crippen molar-refractivity contribution in [2.75, 3.05) is 6.61 Å². The number of ether oxygens (including phenoxy) is 1. The maximum Gasteiger partial charge on any atom is 0.332 e. The van der Waals surface area contributed by atoms with Gasteiger partial charge in [-0.15, -0.1) is 0 Å². The zero-order valence-electron chi connectivity index (χ0n) is 12.2. The molecule has 0 saturated carbocycles. The Morgan fingerprint density at radius 2 is 1.59 bits per heavy atom. The number of para-hydroxylation sites is 2. The van der Waals surface area contributed by atoms with E-state index in [0.717, 1.165) is 11.0 Å². The van der Waals surface area contributed by atoms with Gasteiger partial charge in [0.05, 0.1) is 17.6 Å². The molecule has 0 fully saturated rings. The fourth-order valence-electron chi connectivity index (χ4n) is 2.51. The van der Waals surface area contributed by atoms with Crippen LogP contribution in [0.1, 0.15) is 6.92 Å². The van der Waals surface area contributed by atoms with Gasteiger partial charge in [0.25, 0.3) is 0 Å². The second-order valence-corrected chi connectivity index (χ2v) is 4.80. The van der Waals surface area contributed by atoms with Crippen LogP contribution in [0.15, 0.2) is 59.4 Å². The standard InChI is InChI=1S/C18H15NO3/c1-2-22-17(20)11-12-19-15-9-5-3-7-13(15)18(21)14-8-4-6-10-16(14)19/h3-12H,2H2,1H3. The quantitative estimate of drug-likeness (QED) is 0.423. The summed E-state index contributed by atoms with van der Waals surface area (Å²) in [6.45, 7) is 2.09. The van der Waals surface area contributed by atoms with E-state index < -0.39 is 5.97 Å². The van der Waals surface area contributed by atoms with E-state index in [4.69, 9.17) is 4.74 Å². The van der Waals surface area contributed by atoms with Crippen molar-refractivity contribution in [2.45, 2.75) is 6.92 Å². The predicted octanol–water partition coefficient (Wildman–Crippen LogP) is 3.19. The van der Waals surface area contributed by atoms with E-state index >= 15 is 0 Å². The lowest BCUT2D eigenvalue weighted by atomic mass is 10.1. The third-order valence-corrected chi connectivity index (χ3v) is 3.46. The van der Waals surface area contributed by atoms with E-state index in [0.29, 0.717) is 17.4 Å². The van der Waals surface area contributed by atoms with Gasteiger partial charge in [-0.05, 0) is 31.2 Å². The number of rotatable bonds is 3. The summed E-state index contributed by atoms with van der Waals surface area (Å²) in [5.74, 6) is -0.408. The summed E-state index contributed by atoms with van der Waals surface area (Å²) in [4.78, 5) is 24.1. The number of nitrogens with zero attached hydrogens (tertiary/aromatic N) is 1. The molecule has 2 aromatic carbocycles. The minimum absolute atomic E-state index is 0.00742. The Morgan fingerprint density at radius 3 is 2.14 bits per heavy atom. The van der Waals surface area contributed by atoms with Crippen molar-refractivity contribution in [3.05, 3.63) is 64.8 Å². The normalized spacial score (nSPS) is 11.3. The van der Waals surface area contributed by atoms with Gasteiger partial charge in [-0.1, -0.05) is 24.3 Å². The Kier molecular flexibility index (Phi) is 3.74. The molecule has 0 atom stereocenters. The van der Waals surface area contributed by atoms with Crippen LogP contribution < -0.4 is 5.43 Å². The zero-order chi connectivity index (χ0) is 15.5. The van der Waals surface area contributed by atoms with Crippen molar-refractivity contribution >= 4 is 34.0 Å². The molecular formula is C18H15NO3. The van der Waals surface area contributed by atoms with Crippen molar-refractivity contribution in [1.82, 2.24) is 4.57 Å². The van der Waals surface area contributed by atoms with Crippen LogP contribution in [0.2, 0.25) is 0 Å². The average Bonchev–Trinajstić information content (AvgIpc) is 2.55. The number of carbonyl (C=O) groups is 1. The number of hydrogen-bond acceptors (Lipinski definition) is 3. The first-order chi connectivity index (χ1) is 10.7. The van der Waals surface area contributed by atoms with Gasteiger partial charge in [0.1, 0.15) is 0 Å². The largest absolute Gasteiger partial charge is 0.463 e. The topological polar surface area (TPSA) is 48.3 Å². The minimum atomic E-state index is -0.408. The molecule has 22 heavy (non-hydrogen) atoms. The maximum absolute atomic E-state index is 12.6. The highest BCUT2D eigenvalue weighted by molar-refractivity contribution is 5.96. The first-order valence-corrected chi connectivity index (χ1v) is 7.09. The van der Waals surface area contributed by atoms with Crippen LogP contribution in [0.3, 0.4) is 0 Å². The van der Waals surface area contributed by atoms with Crippen molar-refractivity contribution in [3.8, 4) is 0 Å². The van der Waals surface area contributed by atoms with Crippen LogP contribution in [-0.4, -0.2) is 17.1 Å². The van der Waals surface area contributed by atoms with Crippen molar-refractivity contribution in [2.24, 2.45) is 0 Å². The molecule has 110 valence electrons. The summed E-state index contributed by atoms with van der Waals surface area (Å²) in [5.41, 5.74) is 1.51. The van der Waals surface area contributed by atoms with Crippen LogP contribution in [-0.2, 0) is 9.53 Å². The zero-order valence-corrected chi connectivity index (χ0v) is 12.2. The van der Waals surface area contributed by atoms with E-state index in [2.05, 4.69) is 0 Å². The Labute approximate surface area is 127 Å². The fraction of sp³-hybridized carbons (Fsp3) is 0.111. The second kappa shape index (κ2) is 5.85. The Balaban J connectivity index is 2.32. The lowest BCUT2D eigenvalue weighted by molar-refractivity contribution is -0.137. The summed E-state index contributed by atoms with van der Waals surface area (Å²) in [6, 6.07) is 14.7. The molecule has 4 heteroatoms. The van der Waals surface area contributed by atoms with Gasteiger partial charge in [0.2, 0.25) is 0 Å². The number of esters is 1. The van der Waals surface area contributed by atoms with Gasteiger partial charge in [-0.2, -0.15) is 0 Å². The lowest BCUT2D eigenvalue weighted by Crippen LogP contribution is -2.08. The van der Waals surface area contributed by atoms with Crippen LogP contribution in [0, 0.1) is 0 Å². The summed E-state index contributed by atoms with van der Waals surface area (Å²) >= 11 is 0. The molecule has 0 amide bonds. The summed E-state index contributed by atoms with van der Waals surface area (Å²) in [5, 5.41) is 1.24. The molecule has 0 aliphatic heterocycles. The van der Waals surface area contributed by atoms with Crippen molar-refractivity contribution in [3.63, 3.8) is 0 Å². The van der Waals surface area contributed by atoms with Gasteiger partial charge in [0.15, 0.2) is 5.43 Å². The molecule has 3 aromatic rings. The highest BCUT2D eigenvalue weighted by Gasteiger charge is 2.08. The van der Waals surface area contributed by atoms with Gasteiger partial charge < -0.3 is 9.30 Å². The average molecular weight is 293 g/mol. The van der Waals surface area contributed by atoms with Crippen LogP contribution >= 0.6 is 0 Å². The summed E-state index contributed by atoms with van der Waals surface area (Å²) in [7, 11) is 0. The number of hydrogen-bond donors (Lipinski definition) is 0. The monoisotopic (exact) mass is 293 g/mol. The van der Waals surface area contributed by atoms with E-state index in [1.807, 2.05) is 41.0 Å². The molecular weight excluding hydrogens is 278 g/mol. The summed E-state index contributed by atoms with van der Waals surface area (Å²) in [6.07, 6.45) is 3.01. The molecule has 0 spiro atoms. The molecule has 1 heterocycles. The molecule has 0 aliphatic carbocycles. The van der Waals surface area contributed by atoms with Gasteiger partial charge in [-0.3, -0.25) is 4.79 Å². The molecule has 0 bridgehead atoms. The molecule has 3 rings (SSSR count).